The van der Waals surface area contributed by atoms with Crippen molar-refractivity contribution in [2.24, 2.45) is 0 Å². The lowest BCUT2D eigenvalue weighted by Crippen LogP contribution is -2.51. The molecule has 0 saturated heterocycles. The molecule has 0 amide bonds. The van der Waals surface area contributed by atoms with Crippen LogP contribution in [0.15, 0.2) is 36.4 Å². The zero-order valence-electron chi connectivity index (χ0n) is 29.8. The van der Waals surface area contributed by atoms with Gasteiger partial charge in [0.25, 0.3) is 0 Å². The molecule has 1 N–H and O–H groups in total. The minimum absolute atomic E-state index is 0.00357. The molecule has 2 aromatic rings. The molecule has 1 aromatic heterocycles. The number of aliphatic hydroxyl groups is 1. The van der Waals surface area contributed by atoms with Gasteiger partial charge >= 0.3 is 5.97 Å². The minimum Gasteiger partial charge on any atom is -0.469 e. The number of ether oxygens (including phenoxy) is 1. The van der Waals surface area contributed by atoms with Gasteiger partial charge < -0.3 is 18.7 Å². The van der Waals surface area contributed by atoms with Crippen LogP contribution in [-0.2, 0) is 18.4 Å². The van der Waals surface area contributed by atoms with Gasteiger partial charge in [-0.1, -0.05) is 98.1 Å². The van der Waals surface area contributed by atoms with Crippen LogP contribution in [0.4, 0.5) is 0 Å². The molecular formula is C36H61NO5Si2. The number of fused-ring (bicyclic) bond motifs is 1. The predicted molar refractivity (Wildman–Crippen MR) is 190 cm³/mol. The van der Waals surface area contributed by atoms with Gasteiger partial charge in [-0.3, -0.25) is 9.78 Å². The number of rotatable bonds is 16. The van der Waals surface area contributed by atoms with E-state index in [4.69, 9.17) is 18.6 Å². The molecule has 0 fully saturated rings. The third-order valence-electron chi connectivity index (χ3n) is 9.60. The summed E-state index contributed by atoms with van der Waals surface area (Å²) in [7, 11) is -2.97. The molecule has 0 aliphatic heterocycles. The molecule has 1 aromatic carbocycles. The highest BCUT2D eigenvalue weighted by atomic mass is 28.4. The van der Waals surface area contributed by atoms with Crippen molar-refractivity contribution in [3.8, 4) is 0 Å². The number of pyridine rings is 1. The number of aliphatic hydroxyl groups excluding tert-OH is 1. The molecule has 0 bridgehead atoms. The number of aromatic nitrogens is 1. The molecule has 0 saturated carbocycles. The molecular weight excluding hydrogens is 583 g/mol. The van der Waals surface area contributed by atoms with E-state index in [-0.39, 0.29) is 28.3 Å². The van der Waals surface area contributed by atoms with Crippen molar-refractivity contribution in [2.75, 3.05) is 7.11 Å². The van der Waals surface area contributed by atoms with Crippen molar-refractivity contribution in [1.82, 2.24) is 4.98 Å². The van der Waals surface area contributed by atoms with Crippen LogP contribution < -0.4 is 0 Å². The Bertz CT molecular complexity index is 1230. The van der Waals surface area contributed by atoms with Crippen molar-refractivity contribution in [3.63, 3.8) is 0 Å². The minimum atomic E-state index is -2.22. The topological polar surface area (TPSA) is 77.9 Å². The average Bonchev–Trinajstić information content (AvgIpc) is 2.92. The number of esters is 1. The maximum absolute atomic E-state index is 12.0. The third kappa shape index (κ3) is 10.9. The summed E-state index contributed by atoms with van der Waals surface area (Å²) in [5.41, 5.74) is 1.52. The number of unbranched alkanes of at least 4 members (excludes halogenated alkanes) is 2. The van der Waals surface area contributed by atoms with E-state index in [1.807, 2.05) is 24.3 Å². The summed E-state index contributed by atoms with van der Waals surface area (Å²) in [5.74, 6) is -0.209. The number of hydrogen-bond acceptors (Lipinski definition) is 6. The van der Waals surface area contributed by atoms with Crippen LogP contribution >= 0.6 is 0 Å². The lowest BCUT2D eigenvalue weighted by molar-refractivity contribution is -0.140. The van der Waals surface area contributed by atoms with Crippen LogP contribution in [0.25, 0.3) is 16.8 Å². The molecule has 0 aliphatic rings. The standard InChI is InChI=1S/C36H61NO5Si2/c1-13-14-15-21-30(38)34-29-20-17-16-19-27(29)26-28(37-34)24-25-32(42-44(11,12)36(5,6)7)31(22-18-23-33(39)40-8)41-43(9,10)35(2,3)4/h16-17,19-20,24-26,30-32,38H,13-15,18,21-23H2,1-12H3/b25-24+/t30-,31?,32+/m0/s1. The summed E-state index contributed by atoms with van der Waals surface area (Å²) in [6, 6.07) is 10.2. The molecule has 6 nitrogen and oxygen atoms in total. The summed E-state index contributed by atoms with van der Waals surface area (Å²) in [6.07, 6.45) is 8.50. The van der Waals surface area contributed by atoms with E-state index in [2.05, 4.69) is 92.9 Å². The van der Waals surface area contributed by atoms with E-state index >= 15 is 0 Å². The van der Waals surface area contributed by atoms with E-state index in [9.17, 15) is 9.90 Å². The lowest BCUT2D eigenvalue weighted by Gasteiger charge is -2.44. The summed E-state index contributed by atoms with van der Waals surface area (Å²) < 4.78 is 19.1. The monoisotopic (exact) mass is 643 g/mol. The van der Waals surface area contributed by atoms with E-state index in [1.165, 1.54) is 7.11 Å². The first kappa shape index (κ1) is 38.3. The number of benzene rings is 1. The Morgan fingerprint density at radius 3 is 2.14 bits per heavy atom. The fourth-order valence-electron chi connectivity index (χ4n) is 4.66. The van der Waals surface area contributed by atoms with E-state index in [0.29, 0.717) is 25.7 Å². The fraction of sp³-hybridized carbons (Fsp3) is 0.667. The zero-order chi connectivity index (χ0) is 33.3. The summed E-state index contributed by atoms with van der Waals surface area (Å²) >= 11 is 0. The normalized spacial score (nSPS) is 15.5. The van der Waals surface area contributed by atoms with Gasteiger partial charge in [0.15, 0.2) is 16.6 Å². The first-order chi connectivity index (χ1) is 20.3. The molecule has 0 aliphatic carbocycles. The summed E-state index contributed by atoms with van der Waals surface area (Å²) in [6.45, 7) is 24.7. The van der Waals surface area contributed by atoms with Crippen LogP contribution in [0.2, 0.25) is 36.3 Å². The van der Waals surface area contributed by atoms with Crippen LogP contribution in [0, 0.1) is 0 Å². The SMILES string of the molecule is CCCCC[C@H](O)c1nc(/C=C/[C@@H](O[Si](C)(C)C(C)(C)C)C(CCCC(=O)OC)O[Si](C)(C)C(C)(C)C)cc2ccccc12. The Morgan fingerprint density at radius 1 is 0.932 bits per heavy atom. The Balaban J connectivity index is 2.60. The fourth-order valence-corrected chi connectivity index (χ4v) is 7.28. The predicted octanol–water partition coefficient (Wildman–Crippen LogP) is 9.99. The molecule has 3 atom stereocenters. The van der Waals surface area contributed by atoms with Gasteiger partial charge in [-0.05, 0) is 73.1 Å². The number of carbonyl (C=O) groups is 1. The van der Waals surface area contributed by atoms with Gasteiger partial charge in [0.05, 0.1) is 36.8 Å². The number of nitrogens with zero attached hydrogens (tertiary/aromatic N) is 1. The highest BCUT2D eigenvalue weighted by Crippen LogP contribution is 2.41. The van der Waals surface area contributed by atoms with Crippen molar-refractivity contribution >= 4 is 39.5 Å². The van der Waals surface area contributed by atoms with Crippen molar-refractivity contribution < 1.29 is 23.5 Å². The van der Waals surface area contributed by atoms with Gasteiger partial charge in [-0.2, -0.15) is 0 Å². The Labute approximate surface area is 270 Å². The largest absolute Gasteiger partial charge is 0.469 e. The second-order valence-corrected chi connectivity index (χ2v) is 24.8. The van der Waals surface area contributed by atoms with Crippen LogP contribution in [0.1, 0.15) is 111 Å². The maximum Gasteiger partial charge on any atom is 0.305 e. The molecule has 2 rings (SSSR count). The molecule has 0 spiro atoms. The van der Waals surface area contributed by atoms with Crippen molar-refractivity contribution in [1.29, 1.82) is 0 Å². The smallest absolute Gasteiger partial charge is 0.305 e. The molecule has 1 unspecified atom stereocenters. The van der Waals surface area contributed by atoms with Crippen molar-refractivity contribution in [3.05, 3.63) is 47.8 Å². The summed E-state index contributed by atoms with van der Waals surface area (Å²) in [5, 5.41) is 13.3. The third-order valence-corrected chi connectivity index (χ3v) is 18.6. The van der Waals surface area contributed by atoms with E-state index in [0.717, 1.165) is 41.4 Å². The van der Waals surface area contributed by atoms with E-state index < -0.39 is 22.7 Å². The Kier molecular flexibility index (Phi) is 14.0. The number of hydrogen-bond donors (Lipinski definition) is 1. The van der Waals surface area contributed by atoms with Gasteiger partial charge in [-0.15, -0.1) is 0 Å². The van der Waals surface area contributed by atoms with Gasteiger partial charge in [0.2, 0.25) is 0 Å². The molecule has 8 heteroatoms. The second kappa shape index (κ2) is 16.1. The van der Waals surface area contributed by atoms with Crippen LogP contribution in [0.5, 0.6) is 0 Å². The van der Waals surface area contributed by atoms with Gasteiger partial charge in [0, 0.05) is 11.8 Å². The average molecular weight is 644 g/mol. The second-order valence-electron chi connectivity index (χ2n) is 15.3. The number of carbonyl (C=O) groups excluding carboxylic acids is 1. The first-order valence-electron chi connectivity index (χ1n) is 16.5. The molecule has 248 valence electrons. The lowest BCUT2D eigenvalue weighted by atomic mass is 10.0. The zero-order valence-corrected chi connectivity index (χ0v) is 31.8. The van der Waals surface area contributed by atoms with Gasteiger partial charge in [-0.25, -0.2) is 0 Å². The Hall–Kier alpha value is -1.85. The summed E-state index contributed by atoms with van der Waals surface area (Å²) in [4.78, 5) is 17.0. The van der Waals surface area contributed by atoms with Crippen LogP contribution in [-0.4, -0.2) is 52.0 Å². The van der Waals surface area contributed by atoms with Gasteiger partial charge in [0.1, 0.15) is 0 Å². The Morgan fingerprint density at radius 2 is 1.55 bits per heavy atom. The molecule has 1 heterocycles. The van der Waals surface area contributed by atoms with Crippen LogP contribution in [0.3, 0.4) is 0 Å². The highest BCUT2D eigenvalue weighted by molar-refractivity contribution is 6.74. The van der Waals surface area contributed by atoms with Crippen molar-refractivity contribution in [2.45, 2.75) is 148 Å². The molecule has 0 radical (unpaired) electrons. The first-order valence-corrected chi connectivity index (χ1v) is 22.3. The van der Waals surface area contributed by atoms with E-state index in [1.54, 1.807) is 0 Å². The molecule has 44 heavy (non-hydrogen) atoms. The highest BCUT2D eigenvalue weighted by Gasteiger charge is 2.44. The number of methoxy groups -OCH3 is 1. The quantitative estimate of drug-likeness (QED) is 0.111. The maximum atomic E-state index is 12.0.